The molecule has 21 fully saturated rings. The number of ether oxygens (including phenoxy) is 6. The van der Waals surface area contributed by atoms with Crippen molar-refractivity contribution in [1.82, 2.24) is 0 Å². The van der Waals surface area contributed by atoms with Crippen LogP contribution >= 0.6 is 0 Å². The Kier molecular flexibility index (Phi) is 25.2. The van der Waals surface area contributed by atoms with E-state index in [2.05, 4.69) is 127 Å². The van der Waals surface area contributed by atoms with Crippen LogP contribution in [-0.2, 0) is 52.4 Å². The van der Waals surface area contributed by atoms with Crippen molar-refractivity contribution in [2.24, 2.45) is 172 Å². The van der Waals surface area contributed by atoms with Crippen LogP contribution in [0.3, 0.4) is 0 Å². The largest absolute Gasteiger partial charge is 0.393 e. The normalized spacial score (nSPS) is 50.5. The minimum absolute atomic E-state index is 0.00763. The summed E-state index contributed by atoms with van der Waals surface area (Å²) >= 11 is 0. The lowest BCUT2D eigenvalue weighted by atomic mass is 9.47. The zero-order chi connectivity index (χ0) is 95.6. The molecular formula is C124H180O13. The average Bonchev–Trinajstić information content (AvgIpc) is 1.66. The Labute approximate surface area is 825 Å². The molecular weight excluding hydrogens is 1700 g/mol. The van der Waals surface area contributed by atoms with E-state index in [0.29, 0.717) is 91.0 Å². The fraction of sp³-hybridized carbons (Fsp3) is 0.831. The summed E-state index contributed by atoms with van der Waals surface area (Å²) in [6.07, 6.45) is 73.7. The van der Waals surface area contributed by atoms with Gasteiger partial charge >= 0.3 is 0 Å². The molecule has 32 atom stereocenters. The van der Waals surface area contributed by atoms with Gasteiger partial charge in [-0.1, -0.05) is 140 Å². The molecule has 3 spiro atoms. The lowest BCUT2D eigenvalue weighted by molar-refractivity contribution is -0.146. The van der Waals surface area contributed by atoms with Crippen LogP contribution in [0.4, 0.5) is 0 Å². The molecule has 0 radical (unpaired) electrons. The van der Waals surface area contributed by atoms with E-state index in [1.807, 2.05) is 18.2 Å². The molecule has 13 nitrogen and oxygen atoms in total. The SMILES string of the molecule is C/C=C1\CCC2C3CCC4=CC(=O)CC[C@@]4(C)C3CC[C@@]12C.C/C=C1\CCC2C3CCC4=CC5(CC[C@@]4(C)C3CC[C@@]12C)OCCO5.C[C@@]12CCC(=O)C=C1CCC1C2CC[C@]2(C)C1CC[C@H]2O.C[C@@]12CCC3(C=C1CCC1C2CC[C@]2(C)C1CC[C@H]2O)OCCO3.C[C@@]12CCC3C(CCC4=CC(=O)CC[C@]43C)C1CCC2=O.C[C@@]12CCC3C(CCC4=CC5(CC[C@]43C)OCCO5)C1CCC2=O. The van der Waals surface area contributed by atoms with Gasteiger partial charge in [-0.2, -0.15) is 0 Å². The van der Waals surface area contributed by atoms with Gasteiger partial charge in [-0.25, -0.2) is 0 Å². The fourth-order valence-electron chi connectivity index (χ4n) is 41.9. The first-order chi connectivity index (χ1) is 65.3. The van der Waals surface area contributed by atoms with E-state index in [1.54, 1.807) is 27.9 Å². The van der Waals surface area contributed by atoms with Gasteiger partial charge < -0.3 is 38.6 Å². The molecule has 18 saturated carbocycles. The first kappa shape index (κ1) is 97.7. The molecule has 0 aromatic carbocycles. The highest BCUT2D eigenvalue weighted by Gasteiger charge is 2.68. The molecule has 2 N–H and O–H groups in total. The Hall–Kier alpha value is -4.05. The molecule has 3 saturated heterocycles. The van der Waals surface area contributed by atoms with Crippen molar-refractivity contribution in [3.8, 4) is 0 Å². The molecule has 13 heteroatoms. The Balaban J connectivity index is 0.0000000952. The summed E-state index contributed by atoms with van der Waals surface area (Å²) in [7, 11) is 0. The van der Waals surface area contributed by atoms with Gasteiger partial charge in [0.2, 0.25) is 0 Å². The maximum absolute atomic E-state index is 12.5. The van der Waals surface area contributed by atoms with E-state index < -0.39 is 11.6 Å². The van der Waals surface area contributed by atoms with Crippen LogP contribution in [0.25, 0.3) is 0 Å². The lowest BCUT2D eigenvalue weighted by Gasteiger charge is -2.58. The highest BCUT2D eigenvalue weighted by Crippen LogP contribution is 2.75. The number of fused-ring (bicyclic) bond motifs is 30. The molecule has 0 amide bonds. The van der Waals surface area contributed by atoms with Crippen molar-refractivity contribution in [2.45, 2.75) is 435 Å². The third-order valence-electron chi connectivity index (χ3n) is 50.3. The van der Waals surface area contributed by atoms with Crippen molar-refractivity contribution in [2.75, 3.05) is 39.6 Å². The number of rotatable bonds is 0. The number of carbonyl (C=O) groups is 5. The first-order valence-corrected chi connectivity index (χ1v) is 57.8. The number of allylic oxidation sites excluding steroid dienone is 10. The summed E-state index contributed by atoms with van der Waals surface area (Å²) in [5.74, 6) is 15.0. The van der Waals surface area contributed by atoms with E-state index >= 15 is 0 Å². The topological polar surface area (TPSA) is 181 Å². The first-order valence-electron chi connectivity index (χ1n) is 57.8. The second kappa shape index (κ2) is 35.4. The predicted molar refractivity (Wildman–Crippen MR) is 539 cm³/mol. The van der Waals surface area contributed by atoms with Crippen LogP contribution in [0.2, 0.25) is 0 Å². The molecule has 754 valence electrons. The number of aliphatic hydroxyl groups excluding tert-OH is 2. The molecule has 0 aromatic heterocycles. The summed E-state index contributed by atoms with van der Waals surface area (Å²) in [5.41, 5.74) is 15.9. The lowest BCUT2D eigenvalue weighted by Crippen LogP contribution is -2.52. The van der Waals surface area contributed by atoms with Gasteiger partial charge in [0.15, 0.2) is 34.7 Å². The summed E-state index contributed by atoms with van der Waals surface area (Å²) < 4.78 is 35.9. The van der Waals surface area contributed by atoms with E-state index in [0.717, 1.165) is 239 Å². The number of carbonyl (C=O) groups excluding carboxylic acids is 5. The number of aliphatic hydroxyl groups is 2. The quantitative estimate of drug-likeness (QED) is 0.219. The number of Topliss-reactive ketones (excluding diaryl/α,β-unsaturated/α-hetero) is 2. The number of hydrogen-bond donors (Lipinski definition) is 2. The smallest absolute Gasteiger partial charge is 0.188 e. The molecule has 18 unspecified atom stereocenters. The standard InChI is InChI=1S/C23H34O2.C21H32O3.C21H30O3.C21H30O.C19H28O2.C19H26O2/c1-4-16-6-8-19-18-7-5-17-15-23(24-13-14-25-23)12-11-22(17,3)20(18)9-10-21(16,19)2;2*1-19-9-10-21(23-11-12-24-21)13-14(19)3-4-15-16-5-6-18(22)20(16,2)8-7-17(15)19;1-4-14-6-8-18-17-7-5-15-13-16(22)9-11-21(15,3)19(17)10-12-20(14,18)2;2*1-18-9-7-13(20)11-12(18)3-4-14-15-5-6-17(21)19(15,2)10-8-16(14)18/h4,15,18-20H,5-14H2,1-3H3;13,15-18,22H,3-12H2,1-2H3;13,15-17H,3-12H2,1-2H3;4,13,17-19H,5-12H2,1-3H3;11,14-17,21H,3-10H2,1-2H3;11,14-16H,3-10H2,1-2H3/b16-4+;;;14-4+;;/t18?,19?,20?,21-,22+;15?,16?,17?,18-,19-,20-;15?,16?,17?,19-,20-;17?,18?,19?,20-,21+;14?,15?,16?,17-,18-,19-;14?,15?,16?,18-,19-/m011011/s1. The van der Waals surface area contributed by atoms with Gasteiger partial charge in [0.25, 0.3) is 0 Å². The average molecular weight is 1880 g/mol. The van der Waals surface area contributed by atoms with Gasteiger partial charge in [-0.15, -0.1) is 0 Å². The maximum atomic E-state index is 12.5. The van der Waals surface area contributed by atoms with Crippen LogP contribution in [-0.4, -0.2) is 108 Å². The molecule has 0 aromatic rings. The summed E-state index contributed by atoms with van der Waals surface area (Å²) in [6.45, 7) is 38.2. The van der Waals surface area contributed by atoms with Gasteiger partial charge in [0.05, 0.1) is 51.8 Å². The van der Waals surface area contributed by atoms with Crippen LogP contribution in [0.15, 0.2) is 93.2 Å². The molecule has 3 heterocycles. The monoisotopic (exact) mass is 1880 g/mol. The molecule has 24 aliphatic carbocycles. The molecule has 3 aliphatic heterocycles. The van der Waals surface area contributed by atoms with Crippen molar-refractivity contribution < 1.29 is 62.6 Å². The fourth-order valence-corrected chi connectivity index (χ4v) is 41.9. The van der Waals surface area contributed by atoms with E-state index in [4.69, 9.17) is 28.4 Å². The molecule has 27 rings (SSSR count). The Bertz CT molecular complexity index is 4980. The van der Waals surface area contributed by atoms with E-state index in [-0.39, 0.29) is 50.5 Å². The highest BCUT2D eigenvalue weighted by molar-refractivity contribution is 5.93. The van der Waals surface area contributed by atoms with Gasteiger partial charge in [0.1, 0.15) is 11.6 Å². The highest BCUT2D eigenvalue weighted by atomic mass is 16.7. The number of hydrogen-bond acceptors (Lipinski definition) is 13. The second-order valence-electron chi connectivity index (χ2n) is 54.7. The van der Waals surface area contributed by atoms with Crippen LogP contribution in [0.5, 0.6) is 0 Å². The Morgan fingerprint density at radius 1 is 0.234 bits per heavy atom. The van der Waals surface area contributed by atoms with E-state index in [9.17, 15) is 34.2 Å². The van der Waals surface area contributed by atoms with Gasteiger partial charge in [-0.05, 0) is 468 Å². The van der Waals surface area contributed by atoms with Crippen LogP contribution < -0.4 is 0 Å². The van der Waals surface area contributed by atoms with Crippen LogP contribution in [0.1, 0.15) is 405 Å². The van der Waals surface area contributed by atoms with Crippen molar-refractivity contribution in [1.29, 1.82) is 0 Å². The summed E-state index contributed by atoms with van der Waals surface area (Å²) in [4.78, 5) is 60.3. The minimum Gasteiger partial charge on any atom is -0.393 e. The Morgan fingerprint density at radius 3 is 0.766 bits per heavy atom. The Morgan fingerprint density at radius 2 is 0.474 bits per heavy atom. The molecule has 27 aliphatic rings. The maximum Gasteiger partial charge on any atom is 0.188 e. The molecule has 137 heavy (non-hydrogen) atoms. The van der Waals surface area contributed by atoms with Crippen LogP contribution in [0, 0.1) is 172 Å². The minimum atomic E-state index is -0.409. The third-order valence-corrected chi connectivity index (χ3v) is 50.3. The summed E-state index contributed by atoms with van der Waals surface area (Å²) in [5, 5.41) is 21.0. The zero-order valence-electron chi connectivity index (χ0n) is 87.7. The third kappa shape index (κ3) is 15.4. The van der Waals surface area contributed by atoms with Gasteiger partial charge in [-0.3, -0.25) is 24.0 Å². The van der Waals surface area contributed by atoms with E-state index in [1.165, 1.54) is 203 Å². The van der Waals surface area contributed by atoms with Crippen molar-refractivity contribution in [3.05, 3.63) is 93.2 Å². The van der Waals surface area contributed by atoms with Crippen molar-refractivity contribution >= 4 is 28.9 Å². The predicted octanol–water partition coefficient (Wildman–Crippen LogP) is 27.4. The van der Waals surface area contributed by atoms with Gasteiger partial charge in [0, 0.05) is 62.2 Å². The molecule has 0 bridgehead atoms. The number of ketones is 5. The zero-order valence-corrected chi connectivity index (χ0v) is 87.7. The second-order valence-corrected chi connectivity index (χ2v) is 54.7. The van der Waals surface area contributed by atoms with Crippen molar-refractivity contribution in [3.63, 3.8) is 0 Å². The summed E-state index contributed by atoms with van der Waals surface area (Å²) in [6, 6.07) is 0.